The third-order valence-electron chi connectivity index (χ3n) is 7.19. The van der Waals surface area contributed by atoms with E-state index < -0.39 is 23.9 Å². The fourth-order valence-corrected chi connectivity index (χ4v) is 5.30. The Morgan fingerprint density at radius 3 is 2.35 bits per heavy atom. The van der Waals surface area contributed by atoms with Crippen LogP contribution in [0.2, 0.25) is 0 Å². The highest BCUT2D eigenvalue weighted by Crippen LogP contribution is 2.51. The van der Waals surface area contributed by atoms with Gasteiger partial charge in [0.25, 0.3) is 6.41 Å². The number of amides is 1. The van der Waals surface area contributed by atoms with Crippen LogP contribution >= 0.6 is 0 Å². The van der Waals surface area contributed by atoms with E-state index in [-0.39, 0.29) is 11.3 Å². The van der Waals surface area contributed by atoms with Gasteiger partial charge in [0, 0.05) is 36.9 Å². The molecule has 1 aromatic heterocycles. The summed E-state index contributed by atoms with van der Waals surface area (Å²) in [5.74, 6) is 0.226. The van der Waals surface area contributed by atoms with Gasteiger partial charge in [-0.15, -0.1) is 0 Å². The Morgan fingerprint density at radius 2 is 1.79 bits per heavy atom. The average molecular weight is 476 g/mol. The number of ether oxygens (including phenoxy) is 1. The van der Waals surface area contributed by atoms with Crippen molar-refractivity contribution >= 4 is 21.8 Å². The van der Waals surface area contributed by atoms with E-state index in [4.69, 9.17) is 15.7 Å². The fraction of sp³-hybridized carbons (Fsp3) is 0.810. The van der Waals surface area contributed by atoms with E-state index in [2.05, 4.69) is 14.7 Å². The maximum absolute atomic E-state index is 12.3. The minimum absolute atomic E-state index is 0.0227. The van der Waals surface area contributed by atoms with Crippen LogP contribution in [-0.2, 0) is 4.74 Å². The molecule has 186 valence electrons. The number of carbonyl (C=O) groups excluding carboxylic acids is 1. The second kappa shape index (κ2) is 10.2. The molecular weight excluding hydrogens is 442 g/mol. The number of aliphatic hydroxyl groups excluding tert-OH is 1. The zero-order chi connectivity index (χ0) is 25.3. The van der Waals surface area contributed by atoms with Crippen molar-refractivity contribution in [1.82, 2.24) is 19.6 Å². The molecule has 4 rings (SSSR count). The molecule has 2 aliphatic heterocycles. The average Bonchev–Trinajstić information content (AvgIpc) is 3.41. The number of hydrogen-bond acceptors (Lipinski definition) is 9. The molecule has 13 heteroatoms. The number of carbonyl (C=O) groups is 1. The largest absolute Gasteiger partial charge is 0.422 e. The molecule has 1 amide bonds. The Kier molecular flexibility index (Phi) is 8.06. The zero-order valence-corrected chi connectivity index (χ0v) is 19.7. The van der Waals surface area contributed by atoms with Gasteiger partial charge >= 0.3 is 6.09 Å². The molecule has 3 fully saturated rings. The number of piperidine rings is 1. The highest BCUT2D eigenvalue weighted by atomic mass is 16.7. The quantitative estimate of drug-likeness (QED) is 0.270. The van der Waals surface area contributed by atoms with Gasteiger partial charge in [0.15, 0.2) is 21.4 Å². The Hall–Kier alpha value is -1.63. The van der Waals surface area contributed by atoms with Gasteiger partial charge in [-0.3, -0.25) is 0 Å². The topological polar surface area (TPSA) is 152 Å². The smallest absolute Gasteiger partial charge is 0.411 e. The van der Waals surface area contributed by atoms with Gasteiger partial charge in [-0.1, -0.05) is 13.8 Å². The lowest BCUT2D eigenvalue weighted by Crippen LogP contribution is -2.59. The Bertz CT molecular complexity index is 831. The lowest BCUT2D eigenvalue weighted by molar-refractivity contribution is -0.267. The predicted molar refractivity (Wildman–Crippen MR) is 122 cm³/mol. The molecule has 34 heavy (non-hydrogen) atoms. The van der Waals surface area contributed by atoms with Crippen LogP contribution in [0, 0.1) is 5.41 Å². The number of likely N-dealkylation sites (tertiary alicyclic amines) is 2. The molecular formula is C21H34B2N4O7. The van der Waals surface area contributed by atoms with Crippen LogP contribution in [0.1, 0.15) is 64.0 Å². The lowest BCUT2D eigenvalue weighted by Gasteiger charge is -2.51. The summed E-state index contributed by atoms with van der Waals surface area (Å²) in [6.45, 7) is 6.66. The third kappa shape index (κ3) is 5.44. The van der Waals surface area contributed by atoms with E-state index in [1.54, 1.807) is 6.20 Å². The highest BCUT2D eigenvalue weighted by molar-refractivity contribution is 6.23. The van der Waals surface area contributed by atoms with Gasteiger partial charge in [0.05, 0.1) is 0 Å². The molecule has 1 saturated carbocycles. The highest BCUT2D eigenvalue weighted by Gasteiger charge is 2.52. The monoisotopic (exact) mass is 476 g/mol. The summed E-state index contributed by atoms with van der Waals surface area (Å²) in [7, 11) is 10.1. The molecule has 1 atom stereocenters. The molecule has 1 spiro atoms. The number of rotatable bonds is 5. The minimum Gasteiger partial charge on any atom is -0.422 e. The van der Waals surface area contributed by atoms with Crippen molar-refractivity contribution in [3.8, 4) is 0 Å². The Balaban J connectivity index is 0.00000158. The number of aromatic nitrogens is 2. The van der Waals surface area contributed by atoms with E-state index in [1.165, 1.54) is 9.58 Å². The van der Waals surface area contributed by atoms with Crippen molar-refractivity contribution in [2.75, 3.05) is 26.2 Å². The maximum atomic E-state index is 12.3. The molecule has 1 aliphatic carbocycles. The first kappa shape index (κ1) is 27.0. The normalized spacial score (nSPS) is 27.8. The summed E-state index contributed by atoms with van der Waals surface area (Å²) in [6.07, 6.45) is 3.46. The summed E-state index contributed by atoms with van der Waals surface area (Å²) in [6, 6.07) is 2.24. The molecule has 0 aromatic carbocycles. The molecule has 1 aromatic rings. The Labute approximate surface area is 202 Å². The summed E-state index contributed by atoms with van der Waals surface area (Å²) in [5.41, 5.74) is -5.58. The van der Waals surface area contributed by atoms with Crippen molar-refractivity contribution in [1.29, 1.82) is 0 Å². The van der Waals surface area contributed by atoms with Gasteiger partial charge in [0.1, 0.15) is 0 Å². The SMILES string of the molecule is CC.[B]C(O)(O)C([B])(O)OC(=O)N1CCC2(CC(N3CCC(c4ccnn4C(O)O)CC3)C2)C1. The van der Waals surface area contributed by atoms with Crippen molar-refractivity contribution in [3.05, 3.63) is 18.0 Å². The standard InChI is InChI=1S/C19H28B2N4O7.C2H6/c20-18(29,30)19(21,31)32-16(28)24-8-4-17(11-24)9-13(10-17)23-6-2-12(3-7-23)14-1-5-22-25(14)15(26)27;1-2/h1,5,12-13,15,26-27,29-31H,2-4,6-11H2;1-2H3. The molecule has 3 heterocycles. The van der Waals surface area contributed by atoms with E-state index in [0.29, 0.717) is 19.1 Å². The van der Waals surface area contributed by atoms with E-state index in [9.17, 15) is 30.3 Å². The summed E-state index contributed by atoms with van der Waals surface area (Å²) >= 11 is 0. The van der Waals surface area contributed by atoms with Gasteiger partial charge < -0.3 is 40.1 Å². The zero-order valence-electron chi connectivity index (χ0n) is 19.7. The van der Waals surface area contributed by atoms with Crippen LogP contribution in [0.3, 0.4) is 0 Å². The van der Waals surface area contributed by atoms with E-state index in [0.717, 1.165) is 50.9 Å². The van der Waals surface area contributed by atoms with E-state index >= 15 is 0 Å². The summed E-state index contributed by atoms with van der Waals surface area (Å²) in [5, 5.41) is 51.0. The molecule has 2 saturated heterocycles. The first-order valence-electron chi connectivity index (χ1n) is 11.8. The van der Waals surface area contributed by atoms with Crippen molar-refractivity contribution < 1.29 is 35.1 Å². The molecule has 4 radical (unpaired) electrons. The van der Waals surface area contributed by atoms with Crippen molar-refractivity contribution in [2.45, 2.75) is 75.7 Å². The van der Waals surface area contributed by atoms with Crippen molar-refractivity contribution in [2.24, 2.45) is 5.41 Å². The molecule has 3 aliphatic rings. The van der Waals surface area contributed by atoms with Crippen molar-refractivity contribution in [3.63, 3.8) is 0 Å². The van der Waals surface area contributed by atoms with E-state index in [1.807, 2.05) is 19.9 Å². The predicted octanol–water partition coefficient (Wildman–Crippen LogP) is -0.858. The van der Waals surface area contributed by atoms with Crippen LogP contribution in [0.5, 0.6) is 0 Å². The van der Waals surface area contributed by atoms with Gasteiger partial charge in [-0.25, -0.2) is 9.48 Å². The van der Waals surface area contributed by atoms with Gasteiger partial charge in [-0.2, -0.15) is 5.10 Å². The van der Waals surface area contributed by atoms with Crippen LogP contribution in [0.4, 0.5) is 4.79 Å². The van der Waals surface area contributed by atoms with Gasteiger partial charge in [-0.05, 0) is 56.7 Å². The second-order valence-corrected chi connectivity index (χ2v) is 9.38. The molecule has 0 bridgehead atoms. The minimum atomic E-state index is -3.28. The number of hydrogen-bond donors (Lipinski definition) is 5. The van der Waals surface area contributed by atoms with Crippen LogP contribution in [0.25, 0.3) is 0 Å². The van der Waals surface area contributed by atoms with Gasteiger partial charge in [0.2, 0.25) is 5.69 Å². The first-order valence-corrected chi connectivity index (χ1v) is 11.8. The van der Waals surface area contributed by atoms with Crippen LogP contribution in [-0.4, -0.2) is 110 Å². The fourth-order valence-electron chi connectivity index (χ4n) is 5.30. The number of aliphatic hydroxyl groups is 5. The Morgan fingerprint density at radius 1 is 1.18 bits per heavy atom. The second-order valence-electron chi connectivity index (χ2n) is 9.38. The molecule has 5 N–H and O–H groups in total. The maximum Gasteiger partial charge on any atom is 0.411 e. The summed E-state index contributed by atoms with van der Waals surface area (Å²) < 4.78 is 5.85. The molecule has 1 unspecified atom stereocenters. The van der Waals surface area contributed by atoms with Crippen LogP contribution in [0.15, 0.2) is 12.3 Å². The lowest BCUT2D eigenvalue weighted by atomic mass is 9.64. The summed E-state index contributed by atoms with van der Waals surface area (Å²) in [4.78, 5) is 16.1. The number of nitrogens with zero attached hydrogens (tertiary/aromatic N) is 4. The molecule has 11 nitrogen and oxygen atoms in total. The first-order chi connectivity index (χ1) is 15.9. The van der Waals surface area contributed by atoms with Crippen LogP contribution < -0.4 is 0 Å². The third-order valence-corrected chi connectivity index (χ3v) is 7.19.